The first-order valence-corrected chi connectivity index (χ1v) is 8.11. The summed E-state index contributed by atoms with van der Waals surface area (Å²) in [5.74, 6) is 0.953. The molecular weight excluding hydrogens is 248 g/mol. The molecule has 0 amide bonds. The van der Waals surface area contributed by atoms with Crippen LogP contribution in [0.2, 0.25) is 0 Å². The Morgan fingerprint density at radius 3 is 2.65 bits per heavy atom. The Labute approximate surface area is 123 Å². The maximum absolute atomic E-state index is 10.3. The highest BCUT2D eigenvalue weighted by Crippen LogP contribution is 2.32. The Morgan fingerprint density at radius 2 is 1.90 bits per heavy atom. The zero-order valence-electron chi connectivity index (χ0n) is 12.6. The topological polar surface area (TPSA) is 29.5 Å². The van der Waals surface area contributed by atoms with Crippen molar-refractivity contribution in [2.45, 2.75) is 58.2 Å². The Kier molecular flexibility index (Phi) is 6.55. The summed E-state index contributed by atoms with van der Waals surface area (Å²) in [5, 5.41) is 10.3. The van der Waals surface area contributed by atoms with Crippen molar-refractivity contribution in [2.75, 3.05) is 6.61 Å². The highest BCUT2D eigenvalue weighted by atomic mass is 16.5. The quantitative estimate of drug-likeness (QED) is 0.790. The van der Waals surface area contributed by atoms with Crippen LogP contribution in [0, 0.1) is 11.8 Å². The van der Waals surface area contributed by atoms with Gasteiger partial charge in [-0.2, -0.15) is 0 Å². The second kappa shape index (κ2) is 8.43. The third kappa shape index (κ3) is 4.60. The van der Waals surface area contributed by atoms with E-state index in [1.54, 1.807) is 0 Å². The molecule has 1 aliphatic rings. The number of aliphatic hydroxyl groups excluding tert-OH is 1. The van der Waals surface area contributed by atoms with Gasteiger partial charge in [0.25, 0.3) is 0 Å². The van der Waals surface area contributed by atoms with Crippen LogP contribution in [0.3, 0.4) is 0 Å². The van der Waals surface area contributed by atoms with Gasteiger partial charge in [0.15, 0.2) is 0 Å². The maximum Gasteiger partial charge on any atom is 0.0717 e. The fourth-order valence-electron chi connectivity index (χ4n) is 3.37. The van der Waals surface area contributed by atoms with Crippen LogP contribution in [0.4, 0.5) is 0 Å². The second-order valence-corrected chi connectivity index (χ2v) is 6.07. The zero-order chi connectivity index (χ0) is 14.2. The summed E-state index contributed by atoms with van der Waals surface area (Å²) in [5.41, 5.74) is 1.23. The largest absolute Gasteiger partial charge is 0.393 e. The van der Waals surface area contributed by atoms with E-state index in [1.165, 1.54) is 18.4 Å². The van der Waals surface area contributed by atoms with Gasteiger partial charge in [-0.1, -0.05) is 56.5 Å². The predicted molar refractivity (Wildman–Crippen MR) is 82.5 cm³/mol. The molecular formula is C18H28O2. The molecule has 0 aromatic heterocycles. The van der Waals surface area contributed by atoms with Gasteiger partial charge in [-0.3, -0.25) is 0 Å². The van der Waals surface area contributed by atoms with Crippen LogP contribution >= 0.6 is 0 Å². The number of hydrogen-bond donors (Lipinski definition) is 1. The van der Waals surface area contributed by atoms with E-state index < -0.39 is 0 Å². The average Bonchev–Trinajstić information content (AvgIpc) is 2.64. The lowest BCUT2D eigenvalue weighted by molar-refractivity contribution is 0.0140. The molecule has 0 spiro atoms. The molecule has 1 aromatic rings. The molecule has 3 unspecified atom stereocenters. The van der Waals surface area contributed by atoms with Gasteiger partial charge < -0.3 is 9.84 Å². The van der Waals surface area contributed by atoms with E-state index in [9.17, 15) is 5.11 Å². The number of ether oxygens (including phenoxy) is 1. The van der Waals surface area contributed by atoms with E-state index in [1.807, 2.05) is 18.2 Å². The summed E-state index contributed by atoms with van der Waals surface area (Å²) in [6.07, 6.45) is 6.73. The first kappa shape index (κ1) is 15.5. The fraction of sp³-hybridized carbons (Fsp3) is 0.667. The molecule has 0 bridgehead atoms. The molecule has 1 aromatic carbocycles. The minimum atomic E-state index is -0.122. The molecule has 20 heavy (non-hydrogen) atoms. The van der Waals surface area contributed by atoms with Gasteiger partial charge in [0.05, 0.1) is 19.3 Å². The lowest BCUT2D eigenvalue weighted by Crippen LogP contribution is -2.29. The van der Waals surface area contributed by atoms with E-state index in [-0.39, 0.29) is 6.10 Å². The molecule has 2 nitrogen and oxygen atoms in total. The summed E-state index contributed by atoms with van der Waals surface area (Å²) in [6.45, 7) is 3.68. The fourth-order valence-corrected chi connectivity index (χ4v) is 3.37. The molecule has 1 fully saturated rings. The van der Waals surface area contributed by atoms with Crippen molar-refractivity contribution in [3.63, 3.8) is 0 Å². The molecule has 0 aliphatic heterocycles. The number of aliphatic hydroxyl groups is 1. The van der Waals surface area contributed by atoms with Crippen molar-refractivity contribution < 1.29 is 9.84 Å². The molecule has 0 saturated heterocycles. The number of rotatable bonds is 6. The highest BCUT2D eigenvalue weighted by Gasteiger charge is 2.29. The van der Waals surface area contributed by atoms with Crippen molar-refractivity contribution in [3.05, 3.63) is 35.9 Å². The maximum atomic E-state index is 10.3. The van der Waals surface area contributed by atoms with Crippen molar-refractivity contribution in [1.29, 1.82) is 0 Å². The minimum Gasteiger partial charge on any atom is -0.393 e. The van der Waals surface area contributed by atoms with Crippen LogP contribution in [-0.4, -0.2) is 17.8 Å². The average molecular weight is 276 g/mol. The van der Waals surface area contributed by atoms with E-state index in [2.05, 4.69) is 19.1 Å². The van der Waals surface area contributed by atoms with Crippen molar-refractivity contribution in [2.24, 2.45) is 11.8 Å². The summed E-state index contributed by atoms with van der Waals surface area (Å²) >= 11 is 0. The summed E-state index contributed by atoms with van der Waals surface area (Å²) < 4.78 is 5.93. The van der Waals surface area contributed by atoms with Gasteiger partial charge in [0.1, 0.15) is 0 Å². The van der Waals surface area contributed by atoms with Crippen LogP contribution < -0.4 is 0 Å². The van der Waals surface area contributed by atoms with Gasteiger partial charge in [-0.15, -0.1) is 0 Å². The predicted octanol–water partition coefficient (Wildman–Crippen LogP) is 4.17. The van der Waals surface area contributed by atoms with Gasteiger partial charge in [0.2, 0.25) is 0 Å². The Morgan fingerprint density at radius 1 is 1.15 bits per heavy atom. The lowest BCUT2D eigenvalue weighted by atomic mass is 9.83. The van der Waals surface area contributed by atoms with Crippen molar-refractivity contribution >= 4 is 0 Å². The third-order valence-electron chi connectivity index (χ3n) is 4.49. The monoisotopic (exact) mass is 276 g/mol. The molecule has 0 heterocycles. The summed E-state index contributed by atoms with van der Waals surface area (Å²) in [6, 6.07) is 10.3. The molecule has 1 saturated carbocycles. The molecule has 2 heteroatoms. The van der Waals surface area contributed by atoms with Gasteiger partial charge in [0, 0.05) is 0 Å². The molecule has 0 radical (unpaired) electrons. The summed E-state index contributed by atoms with van der Waals surface area (Å²) in [4.78, 5) is 0. The normalized spacial score (nSPS) is 27.2. The van der Waals surface area contributed by atoms with Crippen LogP contribution in [0.1, 0.15) is 51.0 Å². The van der Waals surface area contributed by atoms with Gasteiger partial charge in [-0.05, 0) is 36.7 Å². The number of hydrogen-bond acceptors (Lipinski definition) is 2. The first-order valence-electron chi connectivity index (χ1n) is 8.11. The molecule has 112 valence electrons. The van der Waals surface area contributed by atoms with Crippen LogP contribution in [0.25, 0.3) is 0 Å². The SMILES string of the molecule is CCCC1C(O)CCCCC1COCc1ccccc1. The molecule has 2 rings (SSSR count). The first-order chi connectivity index (χ1) is 9.81. The molecule has 3 atom stereocenters. The molecule has 1 aliphatic carbocycles. The van der Waals surface area contributed by atoms with E-state index in [0.717, 1.165) is 32.3 Å². The van der Waals surface area contributed by atoms with Crippen molar-refractivity contribution in [1.82, 2.24) is 0 Å². The van der Waals surface area contributed by atoms with E-state index in [4.69, 9.17) is 4.74 Å². The van der Waals surface area contributed by atoms with Crippen LogP contribution in [0.5, 0.6) is 0 Å². The lowest BCUT2D eigenvalue weighted by Gasteiger charge is -2.28. The summed E-state index contributed by atoms with van der Waals surface area (Å²) in [7, 11) is 0. The van der Waals surface area contributed by atoms with E-state index >= 15 is 0 Å². The highest BCUT2D eigenvalue weighted by molar-refractivity contribution is 5.13. The minimum absolute atomic E-state index is 0.122. The Hall–Kier alpha value is -0.860. The Balaban J connectivity index is 1.84. The van der Waals surface area contributed by atoms with E-state index in [0.29, 0.717) is 18.4 Å². The smallest absolute Gasteiger partial charge is 0.0717 e. The van der Waals surface area contributed by atoms with Crippen LogP contribution in [-0.2, 0) is 11.3 Å². The molecule has 1 N–H and O–H groups in total. The zero-order valence-corrected chi connectivity index (χ0v) is 12.6. The second-order valence-electron chi connectivity index (χ2n) is 6.07. The standard InChI is InChI=1S/C18H28O2/c1-2-8-17-16(11-6-7-12-18(17)19)14-20-13-15-9-4-3-5-10-15/h3-5,9-10,16-19H,2,6-8,11-14H2,1H3. The van der Waals surface area contributed by atoms with Gasteiger partial charge in [-0.25, -0.2) is 0 Å². The third-order valence-corrected chi connectivity index (χ3v) is 4.49. The van der Waals surface area contributed by atoms with Crippen LogP contribution in [0.15, 0.2) is 30.3 Å². The Bertz CT molecular complexity index is 363. The number of benzene rings is 1. The van der Waals surface area contributed by atoms with Crippen molar-refractivity contribution in [3.8, 4) is 0 Å². The van der Waals surface area contributed by atoms with Gasteiger partial charge >= 0.3 is 0 Å².